The zero-order chi connectivity index (χ0) is 15.3. The summed E-state index contributed by atoms with van der Waals surface area (Å²) in [7, 11) is 0. The highest BCUT2D eigenvalue weighted by Crippen LogP contribution is 2.13. The molecule has 1 aliphatic rings. The van der Waals surface area contributed by atoms with E-state index < -0.39 is 11.5 Å². The molecule has 1 rings (SSSR count). The molecule has 2 atom stereocenters. The third-order valence-electron chi connectivity index (χ3n) is 4.24. The van der Waals surface area contributed by atoms with E-state index in [9.17, 15) is 9.90 Å². The Kier molecular flexibility index (Phi) is 6.43. The van der Waals surface area contributed by atoms with Crippen LogP contribution in [0.5, 0.6) is 0 Å². The number of nitrogens with zero attached hydrogens (tertiary/aromatic N) is 2. The number of carbonyl (C=O) groups is 1. The van der Waals surface area contributed by atoms with Gasteiger partial charge in [0.05, 0.1) is 0 Å². The molecule has 2 N–H and O–H groups in total. The molecule has 0 radical (unpaired) electrons. The number of carboxylic acids is 1. The summed E-state index contributed by atoms with van der Waals surface area (Å²) in [6, 6.07) is 0.786. The maximum Gasteiger partial charge on any atom is 0.324 e. The van der Waals surface area contributed by atoms with E-state index in [0.29, 0.717) is 12.6 Å². The van der Waals surface area contributed by atoms with Gasteiger partial charge in [-0.15, -0.1) is 0 Å². The summed E-state index contributed by atoms with van der Waals surface area (Å²) >= 11 is 0. The fraction of sp³-hybridized carbons (Fsp3) is 0.933. The van der Waals surface area contributed by atoms with Crippen molar-refractivity contribution in [3.05, 3.63) is 0 Å². The van der Waals surface area contributed by atoms with E-state index in [-0.39, 0.29) is 6.04 Å². The van der Waals surface area contributed by atoms with Crippen molar-refractivity contribution in [1.82, 2.24) is 15.1 Å². The molecular formula is C15H31N3O2. The van der Waals surface area contributed by atoms with Gasteiger partial charge in [-0.1, -0.05) is 6.92 Å². The maximum atomic E-state index is 11.5. The molecule has 5 nitrogen and oxygen atoms in total. The van der Waals surface area contributed by atoms with Crippen LogP contribution in [-0.4, -0.2) is 71.2 Å². The number of rotatable bonds is 7. The molecule has 0 aromatic rings. The van der Waals surface area contributed by atoms with Crippen LogP contribution in [0.25, 0.3) is 0 Å². The Labute approximate surface area is 123 Å². The van der Waals surface area contributed by atoms with Gasteiger partial charge in [-0.05, 0) is 34.1 Å². The number of carboxylic acid groups (broad SMARTS) is 1. The van der Waals surface area contributed by atoms with E-state index >= 15 is 0 Å². The summed E-state index contributed by atoms with van der Waals surface area (Å²) in [6.07, 6.45) is 1.17. The number of hydrogen-bond acceptors (Lipinski definition) is 4. The number of hydrogen-bond donors (Lipinski definition) is 2. The molecule has 20 heavy (non-hydrogen) atoms. The van der Waals surface area contributed by atoms with E-state index in [0.717, 1.165) is 26.2 Å². The second-order valence-electron chi connectivity index (χ2n) is 6.51. The average Bonchev–Trinajstić information content (AvgIpc) is 2.37. The van der Waals surface area contributed by atoms with Crippen molar-refractivity contribution in [2.24, 2.45) is 0 Å². The van der Waals surface area contributed by atoms with E-state index in [1.54, 1.807) is 6.92 Å². The summed E-state index contributed by atoms with van der Waals surface area (Å²) in [5.74, 6) is -0.768. The van der Waals surface area contributed by atoms with Gasteiger partial charge >= 0.3 is 5.97 Å². The van der Waals surface area contributed by atoms with Gasteiger partial charge < -0.3 is 5.11 Å². The molecule has 0 spiro atoms. The fourth-order valence-electron chi connectivity index (χ4n) is 2.88. The number of piperazine rings is 1. The summed E-state index contributed by atoms with van der Waals surface area (Å²) in [4.78, 5) is 16.3. The average molecular weight is 285 g/mol. The minimum absolute atomic E-state index is 0.164. The van der Waals surface area contributed by atoms with Gasteiger partial charge in [0.1, 0.15) is 5.54 Å². The SMILES string of the molecule is CCC(C)N1CCN(CC(C)(NC(C)C)C(=O)O)CC1. The smallest absolute Gasteiger partial charge is 0.324 e. The first-order chi connectivity index (χ1) is 9.28. The Morgan fingerprint density at radius 2 is 1.80 bits per heavy atom. The molecule has 1 heterocycles. The predicted octanol–water partition coefficient (Wildman–Crippen LogP) is 1.24. The van der Waals surface area contributed by atoms with E-state index in [1.807, 2.05) is 13.8 Å². The second kappa shape index (κ2) is 7.38. The molecule has 0 saturated carbocycles. The molecule has 118 valence electrons. The summed E-state index contributed by atoms with van der Waals surface area (Å²) in [5, 5.41) is 12.7. The zero-order valence-electron chi connectivity index (χ0n) is 13.6. The van der Waals surface area contributed by atoms with Crippen LogP contribution in [0.3, 0.4) is 0 Å². The highest BCUT2D eigenvalue weighted by atomic mass is 16.4. The van der Waals surface area contributed by atoms with Crippen LogP contribution in [-0.2, 0) is 4.79 Å². The maximum absolute atomic E-state index is 11.5. The monoisotopic (exact) mass is 285 g/mol. The van der Waals surface area contributed by atoms with Crippen molar-refractivity contribution in [1.29, 1.82) is 0 Å². The third-order valence-corrected chi connectivity index (χ3v) is 4.24. The standard InChI is InChI=1S/C15H31N3O2/c1-6-13(4)18-9-7-17(8-10-18)11-15(5,14(19)20)16-12(2)3/h12-13,16H,6-11H2,1-5H3,(H,19,20). The van der Waals surface area contributed by atoms with Crippen LogP contribution in [0, 0.1) is 0 Å². The van der Waals surface area contributed by atoms with Crippen LogP contribution in [0.4, 0.5) is 0 Å². The van der Waals surface area contributed by atoms with Gasteiger partial charge in [-0.25, -0.2) is 0 Å². The van der Waals surface area contributed by atoms with E-state index in [1.165, 1.54) is 6.42 Å². The van der Waals surface area contributed by atoms with Crippen molar-refractivity contribution in [3.8, 4) is 0 Å². The molecule has 0 bridgehead atoms. The molecular weight excluding hydrogens is 254 g/mol. The Bertz CT molecular complexity index is 314. The minimum Gasteiger partial charge on any atom is -0.480 e. The number of nitrogens with one attached hydrogen (secondary N) is 1. The van der Waals surface area contributed by atoms with Crippen LogP contribution >= 0.6 is 0 Å². The topological polar surface area (TPSA) is 55.8 Å². The first-order valence-corrected chi connectivity index (χ1v) is 7.76. The molecule has 1 aliphatic heterocycles. The van der Waals surface area contributed by atoms with Gasteiger partial charge in [-0.2, -0.15) is 0 Å². The van der Waals surface area contributed by atoms with Crippen LogP contribution in [0.2, 0.25) is 0 Å². The van der Waals surface area contributed by atoms with Gasteiger partial charge in [0.2, 0.25) is 0 Å². The summed E-state index contributed by atoms with van der Waals surface area (Å²) in [6.45, 7) is 14.8. The Morgan fingerprint density at radius 3 is 2.20 bits per heavy atom. The Balaban J connectivity index is 2.54. The molecule has 0 aromatic heterocycles. The second-order valence-corrected chi connectivity index (χ2v) is 6.51. The normalized spacial score (nSPS) is 22.7. The molecule has 1 saturated heterocycles. The van der Waals surface area contributed by atoms with Crippen molar-refractivity contribution in [2.75, 3.05) is 32.7 Å². The van der Waals surface area contributed by atoms with Crippen molar-refractivity contribution < 1.29 is 9.90 Å². The van der Waals surface area contributed by atoms with Crippen LogP contribution < -0.4 is 5.32 Å². The molecule has 5 heteroatoms. The quantitative estimate of drug-likeness (QED) is 0.737. The van der Waals surface area contributed by atoms with E-state index in [2.05, 4.69) is 29.0 Å². The van der Waals surface area contributed by atoms with Crippen molar-refractivity contribution in [3.63, 3.8) is 0 Å². The van der Waals surface area contributed by atoms with Crippen molar-refractivity contribution in [2.45, 2.75) is 58.7 Å². The highest BCUT2D eigenvalue weighted by Gasteiger charge is 2.36. The van der Waals surface area contributed by atoms with Gasteiger partial charge in [-0.3, -0.25) is 19.9 Å². The lowest BCUT2D eigenvalue weighted by molar-refractivity contribution is -0.145. The summed E-state index contributed by atoms with van der Waals surface area (Å²) < 4.78 is 0. The first-order valence-electron chi connectivity index (χ1n) is 7.76. The third kappa shape index (κ3) is 4.72. The molecule has 1 fully saturated rings. The fourth-order valence-corrected chi connectivity index (χ4v) is 2.88. The van der Waals surface area contributed by atoms with Gasteiger partial charge in [0, 0.05) is 44.8 Å². The Hall–Kier alpha value is -0.650. The minimum atomic E-state index is -0.868. The lowest BCUT2D eigenvalue weighted by Crippen LogP contribution is -2.61. The van der Waals surface area contributed by atoms with Gasteiger partial charge in [0.25, 0.3) is 0 Å². The van der Waals surface area contributed by atoms with Gasteiger partial charge in [0.15, 0.2) is 0 Å². The predicted molar refractivity (Wildman–Crippen MR) is 82.1 cm³/mol. The lowest BCUT2D eigenvalue weighted by Gasteiger charge is -2.41. The van der Waals surface area contributed by atoms with Crippen LogP contribution in [0.1, 0.15) is 41.0 Å². The Morgan fingerprint density at radius 1 is 1.25 bits per heavy atom. The molecule has 0 aliphatic carbocycles. The first kappa shape index (κ1) is 17.4. The van der Waals surface area contributed by atoms with Crippen molar-refractivity contribution >= 4 is 5.97 Å². The lowest BCUT2D eigenvalue weighted by atomic mass is 10.00. The van der Waals surface area contributed by atoms with Crippen LogP contribution in [0.15, 0.2) is 0 Å². The molecule has 2 unspecified atom stereocenters. The highest BCUT2D eigenvalue weighted by molar-refractivity contribution is 5.78. The number of aliphatic carboxylic acids is 1. The molecule has 0 amide bonds. The molecule has 0 aromatic carbocycles. The zero-order valence-corrected chi connectivity index (χ0v) is 13.6. The van der Waals surface area contributed by atoms with E-state index in [4.69, 9.17) is 0 Å². The summed E-state index contributed by atoms with van der Waals surface area (Å²) in [5.41, 5.74) is -0.868. The largest absolute Gasteiger partial charge is 0.480 e.